The maximum atomic E-state index is 10.6. The van der Waals surface area contributed by atoms with Crippen LogP contribution in [0.5, 0.6) is 0 Å². The van der Waals surface area contributed by atoms with E-state index in [9.17, 15) is 4.79 Å². The van der Waals surface area contributed by atoms with Crippen molar-refractivity contribution < 1.29 is 4.79 Å². The minimum Gasteiger partial charge on any atom is -0.297 e. The molecule has 2 heterocycles. The van der Waals surface area contributed by atoms with Crippen LogP contribution in [0.25, 0.3) is 20.2 Å². The second-order valence-corrected chi connectivity index (χ2v) is 5.18. The highest BCUT2D eigenvalue weighted by Crippen LogP contribution is 2.31. The summed E-state index contributed by atoms with van der Waals surface area (Å²) in [6, 6.07) is 8.36. The third-order valence-corrected chi connectivity index (χ3v) is 4.13. The van der Waals surface area contributed by atoms with Crippen LogP contribution in [0.2, 0.25) is 0 Å². The Kier molecular flexibility index (Phi) is 1.69. The van der Waals surface area contributed by atoms with Gasteiger partial charge in [0.15, 0.2) is 6.29 Å². The molecule has 3 rings (SSSR count). The van der Waals surface area contributed by atoms with Gasteiger partial charge in [-0.25, -0.2) is 0 Å². The number of fused-ring (bicyclic) bond motifs is 2. The Hall–Kier alpha value is -1.19. The highest BCUT2D eigenvalue weighted by Gasteiger charge is 2.03. The summed E-state index contributed by atoms with van der Waals surface area (Å²) in [6.45, 7) is 0. The zero-order valence-electron chi connectivity index (χ0n) is 7.19. The molecule has 0 fully saturated rings. The van der Waals surface area contributed by atoms with Gasteiger partial charge in [-0.2, -0.15) is 0 Å². The zero-order valence-corrected chi connectivity index (χ0v) is 8.82. The molecule has 0 unspecified atom stereocenters. The van der Waals surface area contributed by atoms with Gasteiger partial charge in [-0.3, -0.25) is 4.79 Å². The first-order valence-corrected chi connectivity index (χ1v) is 5.92. The van der Waals surface area contributed by atoms with Gasteiger partial charge in [0, 0.05) is 9.40 Å². The number of benzene rings is 1. The molecule has 0 aliphatic rings. The summed E-state index contributed by atoms with van der Waals surface area (Å²) in [7, 11) is 0. The topological polar surface area (TPSA) is 17.1 Å². The van der Waals surface area contributed by atoms with Crippen molar-refractivity contribution in [3.8, 4) is 0 Å². The smallest absolute Gasteiger partial charge is 0.160 e. The minimum atomic E-state index is 0.803. The Balaban J connectivity index is 2.46. The van der Waals surface area contributed by atoms with Crippen LogP contribution in [0.15, 0.2) is 29.6 Å². The molecule has 1 aromatic carbocycles. The van der Waals surface area contributed by atoms with Gasteiger partial charge >= 0.3 is 0 Å². The number of carbonyl (C=O) groups is 1. The van der Waals surface area contributed by atoms with Crippen LogP contribution in [-0.4, -0.2) is 6.29 Å². The molecule has 68 valence electrons. The number of aldehydes is 1. The van der Waals surface area contributed by atoms with Crippen molar-refractivity contribution in [2.45, 2.75) is 0 Å². The summed E-state index contributed by atoms with van der Waals surface area (Å²) in [5.41, 5.74) is 0. The standard InChI is InChI=1S/C11H6OS2/c12-6-9-3-8-5-10-7(1-2-13-10)4-11(8)14-9/h1-6H. The van der Waals surface area contributed by atoms with Crippen LogP contribution >= 0.6 is 22.7 Å². The Bertz CT molecular complexity index is 570. The van der Waals surface area contributed by atoms with Gasteiger partial charge in [0.1, 0.15) is 0 Å². The van der Waals surface area contributed by atoms with E-state index < -0.39 is 0 Å². The fourth-order valence-corrected chi connectivity index (χ4v) is 3.30. The van der Waals surface area contributed by atoms with Crippen molar-refractivity contribution in [3.63, 3.8) is 0 Å². The Morgan fingerprint density at radius 2 is 1.93 bits per heavy atom. The lowest BCUT2D eigenvalue weighted by Gasteiger charge is -1.89. The Morgan fingerprint density at radius 1 is 1.07 bits per heavy atom. The third kappa shape index (κ3) is 1.10. The van der Waals surface area contributed by atoms with E-state index in [-0.39, 0.29) is 0 Å². The van der Waals surface area contributed by atoms with E-state index in [2.05, 4.69) is 23.6 Å². The first kappa shape index (κ1) is 8.15. The van der Waals surface area contributed by atoms with Crippen molar-refractivity contribution in [2.24, 2.45) is 0 Å². The van der Waals surface area contributed by atoms with E-state index in [0.29, 0.717) is 0 Å². The Labute approximate surface area is 88.6 Å². The molecule has 3 aromatic rings. The second-order valence-electron chi connectivity index (χ2n) is 3.12. The van der Waals surface area contributed by atoms with Crippen LogP contribution in [-0.2, 0) is 0 Å². The number of hydrogen-bond donors (Lipinski definition) is 0. The fraction of sp³-hybridized carbons (Fsp3) is 0. The van der Waals surface area contributed by atoms with Crippen LogP contribution in [0.4, 0.5) is 0 Å². The third-order valence-electron chi connectivity index (χ3n) is 2.23. The monoisotopic (exact) mass is 218 g/mol. The van der Waals surface area contributed by atoms with Gasteiger partial charge < -0.3 is 0 Å². The van der Waals surface area contributed by atoms with Crippen LogP contribution in [0.3, 0.4) is 0 Å². The van der Waals surface area contributed by atoms with Crippen molar-refractivity contribution >= 4 is 49.1 Å². The summed E-state index contributed by atoms with van der Waals surface area (Å²) in [5, 5.41) is 4.53. The molecular formula is C11H6OS2. The number of hydrogen-bond acceptors (Lipinski definition) is 3. The van der Waals surface area contributed by atoms with Gasteiger partial charge in [0.25, 0.3) is 0 Å². The summed E-state index contributed by atoms with van der Waals surface area (Å²) in [4.78, 5) is 11.4. The second kappa shape index (κ2) is 2.90. The van der Waals surface area contributed by atoms with Crippen LogP contribution < -0.4 is 0 Å². The summed E-state index contributed by atoms with van der Waals surface area (Å²) < 4.78 is 2.48. The van der Waals surface area contributed by atoms with E-state index in [1.54, 1.807) is 22.7 Å². The number of thiophene rings is 2. The molecule has 1 nitrogen and oxygen atoms in total. The SMILES string of the molecule is O=Cc1cc2cc3sccc3cc2s1. The first-order valence-electron chi connectivity index (χ1n) is 4.23. The highest BCUT2D eigenvalue weighted by atomic mass is 32.1. The van der Waals surface area contributed by atoms with E-state index in [0.717, 1.165) is 11.2 Å². The quantitative estimate of drug-likeness (QED) is 0.566. The van der Waals surface area contributed by atoms with Gasteiger partial charge in [-0.05, 0) is 40.4 Å². The maximum absolute atomic E-state index is 10.6. The van der Waals surface area contributed by atoms with Crippen molar-refractivity contribution in [1.29, 1.82) is 0 Å². The summed E-state index contributed by atoms with van der Waals surface area (Å²) >= 11 is 3.29. The lowest BCUT2D eigenvalue weighted by molar-refractivity contribution is 0.112. The molecule has 0 amide bonds. The van der Waals surface area contributed by atoms with Crippen LogP contribution in [0, 0.1) is 0 Å². The van der Waals surface area contributed by atoms with Crippen molar-refractivity contribution in [3.05, 3.63) is 34.5 Å². The molecular weight excluding hydrogens is 212 g/mol. The molecule has 14 heavy (non-hydrogen) atoms. The van der Waals surface area contributed by atoms with Gasteiger partial charge in [-0.15, -0.1) is 22.7 Å². The molecule has 0 N–H and O–H groups in total. The van der Waals surface area contributed by atoms with Gasteiger partial charge in [0.2, 0.25) is 0 Å². The van der Waals surface area contributed by atoms with Crippen molar-refractivity contribution in [2.75, 3.05) is 0 Å². The van der Waals surface area contributed by atoms with Crippen molar-refractivity contribution in [1.82, 2.24) is 0 Å². The zero-order chi connectivity index (χ0) is 9.54. The molecule has 0 spiro atoms. The maximum Gasteiger partial charge on any atom is 0.160 e. The molecule has 0 saturated heterocycles. The minimum absolute atomic E-state index is 0.803. The molecule has 0 bridgehead atoms. The molecule has 2 aromatic heterocycles. The van der Waals surface area contributed by atoms with E-state index in [1.807, 2.05) is 6.07 Å². The summed E-state index contributed by atoms with van der Waals surface area (Å²) in [6.07, 6.45) is 0.915. The average molecular weight is 218 g/mol. The van der Waals surface area contributed by atoms with E-state index in [4.69, 9.17) is 0 Å². The summed E-state index contributed by atoms with van der Waals surface area (Å²) in [5.74, 6) is 0. The fourth-order valence-electron chi connectivity index (χ4n) is 1.57. The molecule has 3 heteroatoms. The average Bonchev–Trinajstić information content (AvgIpc) is 2.77. The number of carbonyl (C=O) groups excluding carboxylic acids is 1. The largest absolute Gasteiger partial charge is 0.297 e. The first-order chi connectivity index (χ1) is 6.86. The Morgan fingerprint density at radius 3 is 2.79 bits per heavy atom. The highest BCUT2D eigenvalue weighted by molar-refractivity contribution is 7.21. The van der Waals surface area contributed by atoms with Crippen LogP contribution in [0.1, 0.15) is 9.67 Å². The van der Waals surface area contributed by atoms with E-state index in [1.165, 1.54) is 20.2 Å². The van der Waals surface area contributed by atoms with Gasteiger partial charge in [-0.1, -0.05) is 0 Å². The predicted octanol–water partition coefficient (Wildman–Crippen LogP) is 3.93. The molecule has 0 aliphatic heterocycles. The lowest BCUT2D eigenvalue weighted by Crippen LogP contribution is -1.63. The number of rotatable bonds is 1. The van der Waals surface area contributed by atoms with Gasteiger partial charge in [0.05, 0.1) is 4.88 Å². The molecule has 0 radical (unpaired) electrons. The lowest BCUT2D eigenvalue weighted by atomic mass is 10.2. The normalized spacial score (nSPS) is 11.1. The predicted molar refractivity (Wildman–Crippen MR) is 62.6 cm³/mol. The molecule has 0 atom stereocenters. The molecule has 0 aliphatic carbocycles. The van der Waals surface area contributed by atoms with E-state index >= 15 is 0 Å². The molecule has 0 saturated carbocycles.